The highest BCUT2D eigenvalue weighted by molar-refractivity contribution is 6.31. The zero-order chi connectivity index (χ0) is 20.4. The lowest BCUT2D eigenvalue weighted by molar-refractivity contribution is 0.102. The Morgan fingerprint density at radius 2 is 1.90 bits per heavy atom. The maximum atomic E-state index is 13.2. The molecule has 0 atom stereocenters. The molecular formula is C23H25ClN4O. The molecule has 0 radical (unpaired) electrons. The van der Waals surface area contributed by atoms with Crippen molar-refractivity contribution in [2.45, 2.75) is 32.6 Å². The Balaban J connectivity index is 1.75. The van der Waals surface area contributed by atoms with E-state index in [9.17, 15) is 4.79 Å². The molecule has 0 saturated carbocycles. The minimum Gasteiger partial charge on any atom is -0.322 e. The number of carbonyl (C=O) groups excluding carboxylic acids is 1. The van der Waals surface area contributed by atoms with Gasteiger partial charge in [0.25, 0.3) is 5.91 Å². The van der Waals surface area contributed by atoms with Gasteiger partial charge in [0.2, 0.25) is 0 Å². The number of amides is 1. The largest absolute Gasteiger partial charge is 0.322 e. The van der Waals surface area contributed by atoms with E-state index in [-0.39, 0.29) is 11.8 Å². The normalized spacial score (nSPS) is 14.7. The van der Waals surface area contributed by atoms with Gasteiger partial charge in [-0.2, -0.15) is 5.10 Å². The first-order valence-corrected chi connectivity index (χ1v) is 10.3. The van der Waals surface area contributed by atoms with E-state index in [1.165, 1.54) is 0 Å². The number of hydrogen-bond acceptors (Lipinski definition) is 3. The lowest BCUT2D eigenvalue weighted by Crippen LogP contribution is -2.29. The van der Waals surface area contributed by atoms with Gasteiger partial charge >= 0.3 is 0 Å². The second kappa shape index (κ2) is 8.39. The molecule has 0 aliphatic carbocycles. The van der Waals surface area contributed by atoms with E-state index >= 15 is 0 Å². The molecule has 6 heteroatoms. The number of nitrogens with zero attached hydrogens (tertiary/aromatic N) is 2. The predicted molar refractivity (Wildman–Crippen MR) is 117 cm³/mol. The van der Waals surface area contributed by atoms with Gasteiger partial charge in [-0.25, -0.2) is 4.68 Å². The average molecular weight is 409 g/mol. The van der Waals surface area contributed by atoms with Crippen LogP contribution in [0.1, 0.15) is 45.9 Å². The van der Waals surface area contributed by atoms with Crippen LogP contribution in [-0.4, -0.2) is 28.8 Å². The van der Waals surface area contributed by atoms with E-state index in [0.29, 0.717) is 10.6 Å². The van der Waals surface area contributed by atoms with Gasteiger partial charge in [0.15, 0.2) is 0 Å². The summed E-state index contributed by atoms with van der Waals surface area (Å²) in [5.41, 5.74) is 5.32. The van der Waals surface area contributed by atoms with Gasteiger partial charge in [0, 0.05) is 16.6 Å². The summed E-state index contributed by atoms with van der Waals surface area (Å²) in [6, 6.07) is 13.7. The van der Waals surface area contributed by atoms with Crippen LogP contribution in [0.3, 0.4) is 0 Å². The SMILES string of the molecule is Cc1ccc(-n2ncc(C(=O)Nc3ccccc3C)c2C2CCNCC2)cc1Cl. The molecule has 2 N–H and O–H groups in total. The fourth-order valence-electron chi connectivity index (χ4n) is 3.84. The number of hydrogen-bond donors (Lipinski definition) is 2. The minimum atomic E-state index is -0.128. The van der Waals surface area contributed by atoms with E-state index < -0.39 is 0 Å². The van der Waals surface area contributed by atoms with Crippen molar-refractivity contribution in [1.82, 2.24) is 15.1 Å². The van der Waals surface area contributed by atoms with Crippen LogP contribution in [0.5, 0.6) is 0 Å². The summed E-state index contributed by atoms with van der Waals surface area (Å²) < 4.78 is 1.88. The molecule has 0 spiro atoms. The number of aryl methyl sites for hydroxylation is 2. The Morgan fingerprint density at radius 3 is 2.62 bits per heavy atom. The first-order chi connectivity index (χ1) is 14.0. The van der Waals surface area contributed by atoms with Gasteiger partial charge < -0.3 is 10.6 Å². The summed E-state index contributed by atoms with van der Waals surface area (Å²) in [6.45, 7) is 5.83. The molecule has 0 bridgehead atoms. The molecule has 29 heavy (non-hydrogen) atoms. The molecule has 1 fully saturated rings. The summed E-state index contributed by atoms with van der Waals surface area (Å²) >= 11 is 6.37. The Labute approximate surface area is 176 Å². The highest BCUT2D eigenvalue weighted by Crippen LogP contribution is 2.32. The minimum absolute atomic E-state index is 0.128. The summed E-state index contributed by atoms with van der Waals surface area (Å²) in [5.74, 6) is 0.133. The zero-order valence-corrected chi connectivity index (χ0v) is 17.5. The van der Waals surface area contributed by atoms with Crippen molar-refractivity contribution in [3.8, 4) is 5.69 Å². The monoisotopic (exact) mass is 408 g/mol. The number of aromatic nitrogens is 2. The lowest BCUT2D eigenvalue weighted by Gasteiger charge is -2.25. The van der Waals surface area contributed by atoms with Crippen molar-refractivity contribution in [2.24, 2.45) is 0 Å². The third-order valence-corrected chi connectivity index (χ3v) is 5.98. The molecule has 4 rings (SSSR count). The Bertz CT molecular complexity index is 1040. The van der Waals surface area contributed by atoms with Gasteiger partial charge in [-0.05, 0) is 69.1 Å². The van der Waals surface area contributed by atoms with Gasteiger partial charge in [-0.3, -0.25) is 4.79 Å². The Morgan fingerprint density at radius 1 is 1.14 bits per heavy atom. The molecule has 2 heterocycles. The van der Waals surface area contributed by atoms with Crippen molar-refractivity contribution < 1.29 is 4.79 Å². The fourth-order valence-corrected chi connectivity index (χ4v) is 4.02. The Kier molecular flexibility index (Phi) is 5.69. The first-order valence-electron chi connectivity index (χ1n) is 9.96. The van der Waals surface area contributed by atoms with Crippen molar-refractivity contribution in [2.75, 3.05) is 18.4 Å². The third kappa shape index (κ3) is 4.07. The van der Waals surface area contributed by atoms with Crippen LogP contribution in [0.25, 0.3) is 5.69 Å². The van der Waals surface area contributed by atoms with Crippen LogP contribution in [-0.2, 0) is 0 Å². The molecule has 1 saturated heterocycles. The second-order valence-corrected chi connectivity index (χ2v) is 7.99. The highest BCUT2D eigenvalue weighted by atomic mass is 35.5. The number of para-hydroxylation sites is 1. The van der Waals surface area contributed by atoms with Gasteiger partial charge in [-0.15, -0.1) is 0 Å². The second-order valence-electron chi connectivity index (χ2n) is 7.58. The van der Waals surface area contributed by atoms with Crippen LogP contribution in [0, 0.1) is 13.8 Å². The van der Waals surface area contributed by atoms with Crippen LogP contribution in [0.15, 0.2) is 48.7 Å². The predicted octanol–water partition coefficient (Wildman–Crippen LogP) is 4.86. The summed E-state index contributed by atoms with van der Waals surface area (Å²) in [5, 5.41) is 11.7. The fraction of sp³-hybridized carbons (Fsp3) is 0.304. The number of halogens is 1. The zero-order valence-electron chi connectivity index (χ0n) is 16.7. The summed E-state index contributed by atoms with van der Waals surface area (Å²) in [4.78, 5) is 13.2. The molecule has 1 amide bonds. The van der Waals surface area contributed by atoms with E-state index in [2.05, 4.69) is 15.7 Å². The molecule has 1 aromatic heterocycles. The Hall–Kier alpha value is -2.63. The van der Waals surface area contributed by atoms with Crippen LogP contribution in [0.4, 0.5) is 5.69 Å². The molecule has 5 nitrogen and oxygen atoms in total. The highest BCUT2D eigenvalue weighted by Gasteiger charge is 2.27. The van der Waals surface area contributed by atoms with Crippen LogP contribution >= 0.6 is 11.6 Å². The van der Waals surface area contributed by atoms with Gasteiger partial charge in [-0.1, -0.05) is 35.9 Å². The molecule has 1 aliphatic heterocycles. The molecule has 1 aliphatic rings. The molecule has 0 unspecified atom stereocenters. The third-order valence-electron chi connectivity index (χ3n) is 5.57. The number of rotatable bonds is 4. The number of benzene rings is 2. The smallest absolute Gasteiger partial charge is 0.259 e. The van der Waals surface area contributed by atoms with E-state index in [1.807, 2.05) is 61.0 Å². The van der Waals surface area contributed by atoms with Crippen LogP contribution < -0.4 is 10.6 Å². The topological polar surface area (TPSA) is 59.0 Å². The number of carbonyl (C=O) groups is 1. The lowest BCUT2D eigenvalue weighted by atomic mass is 9.91. The number of piperidine rings is 1. The van der Waals surface area contributed by atoms with Crippen molar-refractivity contribution in [3.63, 3.8) is 0 Å². The molecular weight excluding hydrogens is 384 g/mol. The van der Waals surface area contributed by atoms with E-state index in [0.717, 1.165) is 54.1 Å². The van der Waals surface area contributed by atoms with Crippen LogP contribution in [0.2, 0.25) is 5.02 Å². The molecule has 3 aromatic rings. The standard InChI is InChI=1S/C23H25ClN4O/c1-15-7-8-18(13-20(15)24)28-22(17-9-11-25-12-10-17)19(14-26-28)23(29)27-21-6-4-3-5-16(21)2/h3-8,13-14,17,25H,9-12H2,1-2H3,(H,27,29). The van der Waals surface area contributed by atoms with Crippen molar-refractivity contribution >= 4 is 23.2 Å². The van der Waals surface area contributed by atoms with Gasteiger partial charge in [0.05, 0.1) is 23.1 Å². The maximum absolute atomic E-state index is 13.2. The average Bonchev–Trinajstić information content (AvgIpc) is 3.18. The molecule has 2 aromatic carbocycles. The molecule has 150 valence electrons. The maximum Gasteiger partial charge on any atom is 0.259 e. The van der Waals surface area contributed by atoms with Crippen molar-refractivity contribution in [1.29, 1.82) is 0 Å². The summed E-state index contributed by atoms with van der Waals surface area (Å²) in [6.07, 6.45) is 3.62. The van der Waals surface area contributed by atoms with E-state index in [1.54, 1.807) is 6.20 Å². The van der Waals surface area contributed by atoms with Crippen molar-refractivity contribution in [3.05, 3.63) is 76.1 Å². The summed E-state index contributed by atoms with van der Waals surface area (Å²) in [7, 11) is 0. The van der Waals surface area contributed by atoms with E-state index in [4.69, 9.17) is 11.6 Å². The number of nitrogens with one attached hydrogen (secondary N) is 2. The first kappa shape index (κ1) is 19.7. The van der Waals surface area contributed by atoms with Gasteiger partial charge in [0.1, 0.15) is 0 Å². The quantitative estimate of drug-likeness (QED) is 0.648. The number of anilines is 1.